The third-order valence-electron chi connectivity index (χ3n) is 3.47. The van der Waals surface area contributed by atoms with Crippen LogP contribution in [-0.4, -0.2) is 4.98 Å². The minimum Gasteiger partial charge on any atom is -0.302 e. The first-order valence-corrected chi connectivity index (χ1v) is 7.75. The van der Waals surface area contributed by atoms with Crippen molar-refractivity contribution < 1.29 is 0 Å². The number of nitrogens with one attached hydrogen (secondary N) is 1. The van der Waals surface area contributed by atoms with Crippen LogP contribution < -0.4 is 5.32 Å². The third kappa shape index (κ3) is 3.64. The van der Waals surface area contributed by atoms with Crippen molar-refractivity contribution in [1.29, 1.82) is 0 Å². The number of rotatable bonds is 5. The molecule has 3 heteroatoms. The van der Waals surface area contributed by atoms with Crippen LogP contribution in [0.15, 0.2) is 29.6 Å². The number of thiazole rings is 1. The molecule has 2 nitrogen and oxygen atoms in total. The predicted octanol–water partition coefficient (Wildman–Crippen LogP) is 4.43. The SMILES string of the molecule is CCc1ccc(C(C)NC(C)c2csc(C)n2)cc1. The summed E-state index contributed by atoms with van der Waals surface area (Å²) in [6, 6.07) is 9.48. The van der Waals surface area contributed by atoms with Crippen LogP contribution in [0.2, 0.25) is 0 Å². The number of nitrogens with zero attached hydrogens (tertiary/aromatic N) is 1. The standard InChI is InChI=1S/C16H22N2S/c1-5-14-6-8-15(9-7-14)11(2)17-12(3)16-10-19-13(4)18-16/h6-12,17H,5H2,1-4H3. The molecule has 0 aliphatic rings. The lowest BCUT2D eigenvalue weighted by Crippen LogP contribution is -2.22. The van der Waals surface area contributed by atoms with Crippen LogP contribution in [0.3, 0.4) is 0 Å². The molecule has 0 saturated carbocycles. The molecule has 102 valence electrons. The second-order valence-electron chi connectivity index (χ2n) is 5.00. The highest BCUT2D eigenvalue weighted by molar-refractivity contribution is 7.09. The molecule has 0 aliphatic heterocycles. The van der Waals surface area contributed by atoms with Crippen molar-refractivity contribution in [3.05, 3.63) is 51.5 Å². The number of benzene rings is 1. The van der Waals surface area contributed by atoms with Crippen LogP contribution >= 0.6 is 11.3 Å². The van der Waals surface area contributed by atoms with Crippen molar-refractivity contribution in [2.24, 2.45) is 0 Å². The minimum atomic E-state index is 0.283. The maximum atomic E-state index is 4.54. The van der Waals surface area contributed by atoms with E-state index in [-0.39, 0.29) is 6.04 Å². The van der Waals surface area contributed by atoms with Crippen molar-refractivity contribution in [3.8, 4) is 0 Å². The van der Waals surface area contributed by atoms with Crippen LogP contribution in [0, 0.1) is 6.92 Å². The fourth-order valence-corrected chi connectivity index (χ4v) is 2.88. The average molecular weight is 274 g/mol. The second kappa shape index (κ2) is 6.31. The zero-order chi connectivity index (χ0) is 13.8. The molecule has 2 aromatic rings. The second-order valence-corrected chi connectivity index (χ2v) is 6.06. The third-order valence-corrected chi connectivity index (χ3v) is 4.26. The van der Waals surface area contributed by atoms with Gasteiger partial charge in [-0.05, 0) is 38.3 Å². The lowest BCUT2D eigenvalue weighted by molar-refractivity contribution is 0.487. The van der Waals surface area contributed by atoms with Gasteiger partial charge in [-0.1, -0.05) is 31.2 Å². The highest BCUT2D eigenvalue weighted by atomic mass is 32.1. The molecule has 0 fully saturated rings. The van der Waals surface area contributed by atoms with E-state index in [1.54, 1.807) is 11.3 Å². The van der Waals surface area contributed by atoms with Crippen molar-refractivity contribution in [2.75, 3.05) is 0 Å². The molecular formula is C16H22N2S. The summed E-state index contributed by atoms with van der Waals surface area (Å²) in [6.07, 6.45) is 1.09. The van der Waals surface area contributed by atoms with Gasteiger partial charge in [0.15, 0.2) is 0 Å². The van der Waals surface area contributed by atoms with Crippen LogP contribution in [0.4, 0.5) is 0 Å². The van der Waals surface area contributed by atoms with Gasteiger partial charge in [-0.2, -0.15) is 0 Å². The Morgan fingerprint density at radius 3 is 2.37 bits per heavy atom. The highest BCUT2D eigenvalue weighted by Gasteiger charge is 2.13. The lowest BCUT2D eigenvalue weighted by atomic mass is 10.0. The molecule has 1 N–H and O–H groups in total. The van der Waals surface area contributed by atoms with Gasteiger partial charge in [0.1, 0.15) is 0 Å². The number of hydrogen-bond donors (Lipinski definition) is 1. The number of aryl methyl sites for hydroxylation is 2. The molecule has 0 saturated heterocycles. The van der Waals surface area contributed by atoms with Gasteiger partial charge in [0, 0.05) is 17.5 Å². The monoisotopic (exact) mass is 274 g/mol. The zero-order valence-electron chi connectivity index (χ0n) is 12.1. The van der Waals surface area contributed by atoms with E-state index in [1.807, 2.05) is 6.92 Å². The zero-order valence-corrected chi connectivity index (χ0v) is 12.9. The molecule has 19 heavy (non-hydrogen) atoms. The summed E-state index contributed by atoms with van der Waals surface area (Å²) in [6.45, 7) is 8.61. The van der Waals surface area contributed by atoms with E-state index in [0.29, 0.717) is 6.04 Å². The quantitative estimate of drug-likeness (QED) is 0.872. The number of hydrogen-bond acceptors (Lipinski definition) is 3. The first-order valence-electron chi connectivity index (χ1n) is 6.87. The van der Waals surface area contributed by atoms with Gasteiger partial charge in [-0.15, -0.1) is 11.3 Å². The minimum absolute atomic E-state index is 0.283. The van der Waals surface area contributed by atoms with Crippen LogP contribution in [0.25, 0.3) is 0 Å². The van der Waals surface area contributed by atoms with Crippen molar-refractivity contribution in [3.63, 3.8) is 0 Å². The molecule has 2 atom stereocenters. The summed E-state index contributed by atoms with van der Waals surface area (Å²) in [5.41, 5.74) is 3.86. The first kappa shape index (κ1) is 14.2. The average Bonchev–Trinajstić information content (AvgIpc) is 2.85. The summed E-state index contributed by atoms with van der Waals surface area (Å²) in [4.78, 5) is 4.54. The molecule has 0 radical (unpaired) electrons. The molecular weight excluding hydrogens is 252 g/mol. The van der Waals surface area contributed by atoms with Gasteiger partial charge >= 0.3 is 0 Å². The van der Waals surface area contributed by atoms with Crippen LogP contribution in [-0.2, 0) is 6.42 Å². The maximum absolute atomic E-state index is 4.54. The van der Waals surface area contributed by atoms with Gasteiger partial charge in [0.2, 0.25) is 0 Å². The van der Waals surface area contributed by atoms with E-state index in [9.17, 15) is 0 Å². The molecule has 2 unspecified atom stereocenters. The number of aromatic nitrogens is 1. The Kier molecular flexibility index (Phi) is 4.72. The summed E-state index contributed by atoms with van der Waals surface area (Å²) in [5.74, 6) is 0. The summed E-state index contributed by atoms with van der Waals surface area (Å²) < 4.78 is 0. The summed E-state index contributed by atoms with van der Waals surface area (Å²) in [5, 5.41) is 6.87. The Bertz CT molecular complexity index is 516. The molecule has 1 heterocycles. The van der Waals surface area contributed by atoms with E-state index in [4.69, 9.17) is 0 Å². The van der Waals surface area contributed by atoms with E-state index in [0.717, 1.165) is 17.1 Å². The molecule has 0 spiro atoms. The van der Waals surface area contributed by atoms with E-state index in [1.165, 1.54) is 11.1 Å². The van der Waals surface area contributed by atoms with E-state index < -0.39 is 0 Å². The molecule has 1 aromatic heterocycles. The highest BCUT2D eigenvalue weighted by Crippen LogP contribution is 2.21. The summed E-state index contributed by atoms with van der Waals surface area (Å²) >= 11 is 1.71. The van der Waals surface area contributed by atoms with Crippen LogP contribution in [0.5, 0.6) is 0 Å². The van der Waals surface area contributed by atoms with Gasteiger partial charge in [-0.25, -0.2) is 4.98 Å². The van der Waals surface area contributed by atoms with Crippen molar-refractivity contribution in [1.82, 2.24) is 10.3 Å². The van der Waals surface area contributed by atoms with E-state index >= 15 is 0 Å². The Hall–Kier alpha value is -1.19. The lowest BCUT2D eigenvalue weighted by Gasteiger charge is -2.19. The topological polar surface area (TPSA) is 24.9 Å². The molecule has 0 aliphatic carbocycles. The van der Waals surface area contributed by atoms with Gasteiger partial charge in [-0.3, -0.25) is 0 Å². The Morgan fingerprint density at radius 1 is 1.16 bits per heavy atom. The molecule has 0 amide bonds. The van der Waals surface area contributed by atoms with E-state index in [2.05, 4.69) is 60.7 Å². The van der Waals surface area contributed by atoms with Crippen molar-refractivity contribution in [2.45, 2.75) is 46.2 Å². The Morgan fingerprint density at radius 2 is 1.84 bits per heavy atom. The van der Waals surface area contributed by atoms with Crippen molar-refractivity contribution >= 4 is 11.3 Å². The maximum Gasteiger partial charge on any atom is 0.0898 e. The first-order chi connectivity index (χ1) is 9.10. The largest absolute Gasteiger partial charge is 0.302 e. The van der Waals surface area contributed by atoms with Gasteiger partial charge in [0.25, 0.3) is 0 Å². The Labute approximate surface area is 119 Å². The fourth-order valence-electron chi connectivity index (χ4n) is 2.18. The molecule has 0 bridgehead atoms. The van der Waals surface area contributed by atoms with Gasteiger partial charge in [0.05, 0.1) is 10.7 Å². The summed E-state index contributed by atoms with van der Waals surface area (Å²) in [7, 11) is 0. The molecule has 2 rings (SSSR count). The normalized spacial score (nSPS) is 14.3. The Balaban J connectivity index is 2.01. The van der Waals surface area contributed by atoms with Gasteiger partial charge < -0.3 is 5.32 Å². The fraction of sp³-hybridized carbons (Fsp3) is 0.438. The molecule has 1 aromatic carbocycles. The smallest absolute Gasteiger partial charge is 0.0898 e. The van der Waals surface area contributed by atoms with Crippen LogP contribution in [0.1, 0.15) is 54.7 Å². The predicted molar refractivity (Wildman–Crippen MR) is 82.6 cm³/mol.